The maximum atomic E-state index is 13.1. The fourth-order valence-corrected chi connectivity index (χ4v) is 5.73. The van der Waals surface area contributed by atoms with Gasteiger partial charge >= 0.3 is 0 Å². The van der Waals surface area contributed by atoms with Crippen molar-refractivity contribution in [2.45, 2.75) is 32.1 Å². The van der Waals surface area contributed by atoms with Crippen LogP contribution in [0.25, 0.3) is 0 Å². The summed E-state index contributed by atoms with van der Waals surface area (Å²) < 4.78 is 41.4. The Kier molecular flexibility index (Phi) is 6.93. The molecular weight excluding hydrogens is 439 g/mol. The number of hydrogen-bond donors (Lipinski definition) is 1. The molecular formula is C21H25FN4O3S2. The van der Waals surface area contributed by atoms with Gasteiger partial charge in [0.15, 0.2) is 5.13 Å². The third-order valence-corrected chi connectivity index (χ3v) is 8.03. The van der Waals surface area contributed by atoms with E-state index in [4.69, 9.17) is 0 Å². The molecule has 31 heavy (non-hydrogen) atoms. The molecule has 2 heterocycles. The Morgan fingerprint density at radius 1 is 1.23 bits per heavy atom. The average molecular weight is 465 g/mol. The zero-order chi connectivity index (χ0) is 22.8. The van der Waals surface area contributed by atoms with Gasteiger partial charge < -0.3 is 4.57 Å². The van der Waals surface area contributed by atoms with E-state index < -0.39 is 15.9 Å². The molecule has 1 aromatic carbocycles. The number of amides is 1. The highest BCUT2D eigenvalue weighted by Gasteiger charge is 2.25. The van der Waals surface area contributed by atoms with Crippen molar-refractivity contribution >= 4 is 32.4 Å². The molecule has 0 aliphatic rings. The third kappa shape index (κ3) is 5.03. The van der Waals surface area contributed by atoms with E-state index in [0.29, 0.717) is 24.6 Å². The van der Waals surface area contributed by atoms with Crippen molar-refractivity contribution in [2.75, 3.05) is 18.4 Å². The molecule has 0 bridgehead atoms. The van der Waals surface area contributed by atoms with Crippen LogP contribution in [0.2, 0.25) is 0 Å². The van der Waals surface area contributed by atoms with Crippen molar-refractivity contribution in [3.05, 3.63) is 64.2 Å². The predicted octanol–water partition coefficient (Wildman–Crippen LogP) is 3.80. The van der Waals surface area contributed by atoms with Crippen LogP contribution in [0, 0.1) is 12.7 Å². The van der Waals surface area contributed by atoms with Crippen LogP contribution in [0.3, 0.4) is 0 Å². The van der Waals surface area contributed by atoms with Crippen LogP contribution in [0.4, 0.5) is 9.52 Å². The molecule has 3 aromatic rings. The number of nitrogens with zero attached hydrogens (tertiary/aromatic N) is 3. The monoisotopic (exact) mass is 464 g/mol. The summed E-state index contributed by atoms with van der Waals surface area (Å²) in [6.07, 6.45) is 2.02. The topological polar surface area (TPSA) is 84.3 Å². The van der Waals surface area contributed by atoms with Gasteiger partial charge in [-0.3, -0.25) is 10.1 Å². The minimum Gasteiger partial charge on any atom is -0.345 e. The van der Waals surface area contributed by atoms with E-state index in [1.807, 2.05) is 6.92 Å². The Morgan fingerprint density at radius 2 is 1.87 bits per heavy atom. The third-order valence-electron chi connectivity index (χ3n) is 4.95. The second kappa shape index (κ2) is 9.29. The van der Waals surface area contributed by atoms with E-state index in [1.54, 1.807) is 33.0 Å². The molecule has 10 heteroatoms. The molecule has 0 spiro atoms. The Hall–Kier alpha value is -2.56. The van der Waals surface area contributed by atoms with E-state index in [-0.39, 0.29) is 16.4 Å². The van der Waals surface area contributed by atoms with Gasteiger partial charge in [0.1, 0.15) is 16.4 Å². The van der Waals surface area contributed by atoms with Crippen molar-refractivity contribution in [3.63, 3.8) is 0 Å². The highest BCUT2D eigenvalue weighted by molar-refractivity contribution is 7.89. The summed E-state index contributed by atoms with van der Waals surface area (Å²) in [5.74, 6) is -0.728. The van der Waals surface area contributed by atoms with Crippen LogP contribution in [-0.4, -0.2) is 41.3 Å². The van der Waals surface area contributed by atoms with Gasteiger partial charge in [0.2, 0.25) is 10.0 Å². The molecule has 0 fully saturated rings. The Labute approximate surface area is 185 Å². The maximum absolute atomic E-state index is 13.1. The van der Waals surface area contributed by atoms with E-state index >= 15 is 0 Å². The minimum absolute atomic E-state index is 0.0798. The molecule has 1 N–H and O–H groups in total. The zero-order valence-electron chi connectivity index (χ0n) is 17.8. The molecule has 0 aliphatic carbocycles. The molecule has 0 atom stereocenters. The number of nitrogens with one attached hydrogen (secondary N) is 1. The number of hydrogen-bond acceptors (Lipinski definition) is 5. The van der Waals surface area contributed by atoms with Crippen molar-refractivity contribution in [3.8, 4) is 0 Å². The van der Waals surface area contributed by atoms with Crippen molar-refractivity contribution in [1.82, 2.24) is 13.9 Å². The number of carbonyl (C=O) groups excluding carboxylic acids is 1. The molecule has 7 nitrogen and oxygen atoms in total. The summed E-state index contributed by atoms with van der Waals surface area (Å²) in [6.45, 7) is 6.09. The lowest BCUT2D eigenvalue weighted by molar-refractivity contribution is 0.101. The Balaban J connectivity index is 1.78. The Morgan fingerprint density at radius 3 is 2.48 bits per heavy atom. The molecule has 0 radical (unpaired) electrons. The van der Waals surface area contributed by atoms with Gasteiger partial charge in [-0.05, 0) is 30.7 Å². The van der Waals surface area contributed by atoms with Crippen molar-refractivity contribution in [2.24, 2.45) is 7.05 Å². The van der Waals surface area contributed by atoms with Gasteiger partial charge in [0.25, 0.3) is 5.91 Å². The summed E-state index contributed by atoms with van der Waals surface area (Å²) in [4.78, 5) is 18.2. The quantitative estimate of drug-likeness (QED) is 0.550. The number of benzene rings is 1. The van der Waals surface area contributed by atoms with Crippen LogP contribution < -0.4 is 5.32 Å². The first-order valence-corrected chi connectivity index (χ1v) is 12.1. The lowest BCUT2D eigenvalue weighted by Gasteiger charge is -2.17. The van der Waals surface area contributed by atoms with Gasteiger partial charge in [0.05, 0.1) is 5.69 Å². The zero-order valence-corrected chi connectivity index (χ0v) is 19.5. The second-order valence-electron chi connectivity index (χ2n) is 7.05. The van der Waals surface area contributed by atoms with E-state index in [2.05, 4.69) is 10.3 Å². The first-order valence-electron chi connectivity index (χ1n) is 9.84. The number of thiazole rings is 1. The number of aryl methyl sites for hydroxylation is 2. The number of sulfonamides is 1. The second-order valence-corrected chi connectivity index (χ2v) is 10.1. The van der Waals surface area contributed by atoms with Crippen LogP contribution in [0.15, 0.2) is 41.4 Å². The lowest BCUT2D eigenvalue weighted by atomic mass is 10.1. The number of halogens is 1. The number of anilines is 1. The average Bonchev–Trinajstić information content (AvgIpc) is 3.27. The van der Waals surface area contributed by atoms with Crippen LogP contribution in [-0.2, 0) is 23.5 Å². The van der Waals surface area contributed by atoms with Gasteiger partial charge in [-0.25, -0.2) is 17.8 Å². The van der Waals surface area contributed by atoms with Crippen molar-refractivity contribution < 1.29 is 17.6 Å². The van der Waals surface area contributed by atoms with Crippen LogP contribution >= 0.6 is 11.3 Å². The first kappa shape index (κ1) is 23.1. The minimum atomic E-state index is -3.66. The van der Waals surface area contributed by atoms with E-state index in [0.717, 1.165) is 16.1 Å². The smallest absolute Gasteiger partial charge is 0.274 e. The fraction of sp³-hybridized carbons (Fsp3) is 0.333. The first-order chi connectivity index (χ1) is 14.6. The summed E-state index contributed by atoms with van der Waals surface area (Å²) in [6, 6.07) is 7.63. The summed E-state index contributed by atoms with van der Waals surface area (Å²) >= 11 is 1.34. The standard InChI is InChI=1S/C21H25FN4O3S2/c1-5-26(6-2)31(28,29)17-12-18(25(4)13-17)20(27)24-21-23-14(3)19(30-21)11-15-7-9-16(22)10-8-15/h7-10,12-13H,5-6,11H2,1-4H3,(H,23,24,27). The normalized spacial score (nSPS) is 11.8. The fourth-order valence-electron chi connectivity index (χ4n) is 3.21. The van der Waals surface area contributed by atoms with Crippen LogP contribution in [0.1, 0.15) is 40.5 Å². The SMILES string of the molecule is CCN(CC)S(=O)(=O)c1cc(C(=O)Nc2nc(C)c(Cc3ccc(F)cc3)s2)n(C)c1. The van der Waals surface area contributed by atoms with E-state index in [1.165, 1.54) is 44.6 Å². The molecule has 0 saturated carbocycles. The van der Waals surface area contributed by atoms with Gasteiger partial charge in [-0.1, -0.05) is 26.0 Å². The number of aromatic nitrogens is 2. The highest BCUT2D eigenvalue weighted by Crippen LogP contribution is 2.26. The lowest BCUT2D eigenvalue weighted by Crippen LogP contribution is -2.30. The summed E-state index contributed by atoms with van der Waals surface area (Å²) in [5.41, 5.74) is 1.94. The molecule has 166 valence electrons. The summed E-state index contributed by atoms with van der Waals surface area (Å²) in [5, 5.41) is 3.18. The van der Waals surface area contributed by atoms with Gasteiger partial charge in [-0.2, -0.15) is 4.31 Å². The molecule has 0 aliphatic heterocycles. The number of carbonyl (C=O) groups is 1. The van der Waals surface area contributed by atoms with Crippen LogP contribution in [0.5, 0.6) is 0 Å². The Bertz CT molecular complexity index is 1180. The molecule has 3 rings (SSSR count). The largest absolute Gasteiger partial charge is 0.345 e. The molecule has 2 aromatic heterocycles. The van der Waals surface area contributed by atoms with Crippen molar-refractivity contribution in [1.29, 1.82) is 0 Å². The van der Waals surface area contributed by atoms with Gasteiger partial charge in [-0.15, -0.1) is 11.3 Å². The molecule has 1 amide bonds. The van der Waals surface area contributed by atoms with E-state index in [9.17, 15) is 17.6 Å². The van der Waals surface area contributed by atoms with Gasteiger partial charge in [0, 0.05) is 37.6 Å². The molecule has 0 unspecified atom stereocenters. The predicted molar refractivity (Wildman–Crippen MR) is 120 cm³/mol. The molecule has 0 saturated heterocycles. The summed E-state index contributed by atoms with van der Waals surface area (Å²) in [7, 11) is -2.03. The number of rotatable bonds is 8. The maximum Gasteiger partial charge on any atom is 0.274 e. The highest BCUT2D eigenvalue weighted by atomic mass is 32.2.